The molecule has 0 radical (unpaired) electrons. The van der Waals surface area contributed by atoms with Gasteiger partial charge in [0.25, 0.3) is 5.91 Å². The van der Waals surface area contributed by atoms with Crippen molar-refractivity contribution in [3.05, 3.63) is 35.4 Å². The van der Waals surface area contributed by atoms with Gasteiger partial charge in [0.1, 0.15) is 23.7 Å². The Morgan fingerprint density at radius 3 is 2.59 bits per heavy atom. The first-order valence-electron chi connectivity index (χ1n) is 10.0. The van der Waals surface area contributed by atoms with E-state index in [0.29, 0.717) is 37.6 Å². The van der Waals surface area contributed by atoms with Crippen LogP contribution in [-0.2, 0) is 9.53 Å². The molecule has 0 bridgehead atoms. The van der Waals surface area contributed by atoms with E-state index < -0.39 is 5.97 Å². The van der Waals surface area contributed by atoms with Crippen molar-refractivity contribution < 1.29 is 19.1 Å². The molecular formula is C21H30N4O4. The lowest BCUT2D eigenvalue weighted by Crippen LogP contribution is -2.55. The highest BCUT2D eigenvalue weighted by Gasteiger charge is 2.33. The quantitative estimate of drug-likeness (QED) is 0.513. The topological polar surface area (TPSA) is 92.7 Å². The molecule has 1 aromatic heterocycles. The molecule has 1 unspecified atom stereocenters. The summed E-state index contributed by atoms with van der Waals surface area (Å²) in [4.78, 5) is 50.0. The summed E-state index contributed by atoms with van der Waals surface area (Å²) in [6, 6.07) is -0.0998. The van der Waals surface area contributed by atoms with Gasteiger partial charge in [-0.25, -0.2) is 14.8 Å². The largest absolute Gasteiger partial charge is 0.458 e. The van der Waals surface area contributed by atoms with Crippen LogP contribution in [0.2, 0.25) is 0 Å². The highest BCUT2D eigenvalue weighted by Crippen LogP contribution is 2.19. The molecule has 0 N–H and O–H groups in total. The average molecular weight is 402 g/mol. The molecule has 2 amide bonds. The summed E-state index contributed by atoms with van der Waals surface area (Å²) in [5.41, 5.74) is 0.523. The van der Waals surface area contributed by atoms with Crippen LogP contribution in [0, 0.1) is 13.8 Å². The summed E-state index contributed by atoms with van der Waals surface area (Å²) >= 11 is 0. The van der Waals surface area contributed by atoms with Crippen LogP contribution in [0.5, 0.6) is 0 Å². The molecule has 1 saturated heterocycles. The number of rotatable bonds is 7. The molecule has 8 heteroatoms. The van der Waals surface area contributed by atoms with Gasteiger partial charge >= 0.3 is 5.97 Å². The third kappa shape index (κ3) is 5.40. The molecule has 29 heavy (non-hydrogen) atoms. The van der Waals surface area contributed by atoms with Crippen molar-refractivity contribution in [2.45, 2.75) is 53.0 Å². The van der Waals surface area contributed by atoms with E-state index in [1.54, 1.807) is 18.7 Å². The Labute approximate surface area is 171 Å². The van der Waals surface area contributed by atoms with Gasteiger partial charge in [-0.1, -0.05) is 26.0 Å². The molecule has 1 aliphatic heterocycles. The van der Waals surface area contributed by atoms with Crippen LogP contribution in [0.3, 0.4) is 0 Å². The second-order valence-electron chi connectivity index (χ2n) is 7.26. The molecule has 158 valence electrons. The van der Waals surface area contributed by atoms with Crippen LogP contribution in [0.4, 0.5) is 0 Å². The first-order chi connectivity index (χ1) is 13.8. The number of carbonyl (C=O) groups is 3. The molecule has 2 rings (SSSR count). The zero-order valence-corrected chi connectivity index (χ0v) is 17.7. The summed E-state index contributed by atoms with van der Waals surface area (Å²) in [6.07, 6.45) is 3.81. The number of hydrogen-bond acceptors (Lipinski definition) is 6. The minimum Gasteiger partial charge on any atom is -0.458 e. The zero-order chi connectivity index (χ0) is 21.6. The number of aromatic nitrogens is 2. The minimum atomic E-state index is -0.646. The normalized spacial score (nSPS) is 16.5. The molecule has 1 fully saturated rings. The number of nitrogens with zero attached hydrogens (tertiary/aromatic N) is 4. The van der Waals surface area contributed by atoms with Crippen molar-refractivity contribution in [3.63, 3.8) is 0 Å². The van der Waals surface area contributed by atoms with Gasteiger partial charge in [-0.05, 0) is 27.2 Å². The molecule has 0 aromatic carbocycles. The Morgan fingerprint density at radius 2 is 1.97 bits per heavy atom. The number of unbranched alkanes of at least 4 members (excludes halogenated alkanes) is 1. The first kappa shape index (κ1) is 22.5. The smallest absolute Gasteiger partial charge is 0.342 e. The maximum absolute atomic E-state index is 13.2. The summed E-state index contributed by atoms with van der Waals surface area (Å²) < 4.78 is 5.12. The van der Waals surface area contributed by atoms with Crippen LogP contribution >= 0.6 is 0 Å². The van der Waals surface area contributed by atoms with Crippen molar-refractivity contribution >= 4 is 17.8 Å². The minimum absolute atomic E-state index is 0.0371. The standard InChI is InChI=1S/C21H30N4O4/c1-6-8-9-17(26)25-11-10-24(13-14(25)3)20(27)19-18(21(28)29-12-7-2)15(4)22-16(5)23-19/h7,14H,2,6,8-13H2,1,3-5H3. The fourth-order valence-corrected chi connectivity index (χ4v) is 3.45. The van der Waals surface area contributed by atoms with E-state index in [-0.39, 0.29) is 35.7 Å². The number of piperazine rings is 1. The van der Waals surface area contributed by atoms with Crippen molar-refractivity contribution in [2.24, 2.45) is 0 Å². The third-order valence-corrected chi connectivity index (χ3v) is 4.92. The fourth-order valence-electron chi connectivity index (χ4n) is 3.45. The maximum atomic E-state index is 13.2. The highest BCUT2D eigenvalue weighted by molar-refractivity contribution is 6.04. The number of aryl methyl sites for hydroxylation is 2. The van der Waals surface area contributed by atoms with Gasteiger partial charge in [-0.3, -0.25) is 9.59 Å². The monoisotopic (exact) mass is 402 g/mol. The number of ether oxygens (including phenoxy) is 1. The van der Waals surface area contributed by atoms with Gasteiger partial charge in [-0.2, -0.15) is 0 Å². The van der Waals surface area contributed by atoms with Gasteiger partial charge < -0.3 is 14.5 Å². The van der Waals surface area contributed by atoms with Gasteiger partial charge in [-0.15, -0.1) is 0 Å². The van der Waals surface area contributed by atoms with E-state index in [1.165, 1.54) is 6.08 Å². The van der Waals surface area contributed by atoms with E-state index in [4.69, 9.17) is 4.74 Å². The van der Waals surface area contributed by atoms with Crippen LogP contribution in [-0.4, -0.2) is 69.8 Å². The van der Waals surface area contributed by atoms with Crippen LogP contribution in [0.15, 0.2) is 12.7 Å². The summed E-state index contributed by atoms with van der Waals surface area (Å²) in [5.74, 6) is -0.467. The predicted molar refractivity (Wildman–Crippen MR) is 109 cm³/mol. The fraction of sp³-hybridized carbons (Fsp3) is 0.571. The Morgan fingerprint density at radius 1 is 1.24 bits per heavy atom. The molecule has 0 spiro atoms. The predicted octanol–water partition coefficient (Wildman–Crippen LogP) is 2.30. The summed E-state index contributed by atoms with van der Waals surface area (Å²) in [7, 11) is 0. The van der Waals surface area contributed by atoms with Gasteiger partial charge in [0.2, 0.25) is 5.91 Å². The number of esters is 1. The Hall–Kier alpha value is -2.77. The second-order valence-corrected chi connectivity index (χ2v) is 7.26. The molecule has 8 nitrogen and oxygen atoms in total. The van der Waals surface area contributed by atoms with E-state index in [2.05, 4.69) is 23.5 Å². The number of hydrogen-bond donors (Lipinski definition) is 0. The van der Waals surface area contributed by atoms with Crippen molar-refractivity contribution in [2.75, 3.05) is 26.2 Å². The molecule has 1 aliphatic rings. The van der Waals surface area contributed by atoms with Crippen molar-refractivity contribution in [3.8, 4) is 0 Å². The lowest BCUT2D eigenvalue weighted by Gasteiger charge is -2.40. The Bertz CT molecular complexity index is 793. The zero-order valence-electron chi connectivity index (χ0n) is 17.7. The van der Waals surface area contributed by atoms with Gasteiger partial charge in [0.05, 0.1) is 5.69 Å². The van der Waals surface area contributed by atoms with Crippen molar-refractivity contribution in [1.82, 2.24) is 19.8 Å². The van der Waals surface area contributed by atoms with E-state index in [0.717, 1.165) is 12.8 Å². The molecule has 0 aliphatic carbocycles. The van der Waals surface area contributed by atoms with Crippen LogP contribution in [0.25, 0.3) is 0 Å². The highest BCUT2D eigenvalue weighted by atomic mass is 16.5. The van der Waals surface area contributed by atoms with Gasteiger partial charge in [0.15, 0.2) is 0 Å². The SMILES string of the molecule is C=CCOC(=O)c1c(C)nc(C)nc1C(=O)N1CCN(C(=O)CCCC)C(C)C1. The molecule has 0 saturated carbocycles. The van der Waals surface area contributed by atoms with E-state index in [1.807, 2.05) is 11.8 Å². The molecule has 2 heterocycles. The maximum Gasteiger partial charge on any atom is 0.342 e. The van der Waals surface area contributed by atoms with Gasteiger partial charge in [0, 0.05) is 32.1 Å². The number of amides is 2. The number of carbonyl (C=O) groups excluding carboxylic acids is 3. The lowest BCUT2D eigenvalue weighted by molar-refractivity contribution is -0.135. The second kappa shape index (κ2) is 10.1. The lowest BCUT2D eigenvalue weighted by atomic mass is 10.1. The van der Waals surface area contributed by atoms with Crippen molar-refractivity contribution in [1.29, 1.82) is 0 Å². The molecule has 1 atom stereocenters. The Balaban J connectivity index is 2.21. The van der Waals surface area contributed by atoms with Crippen LogP contribution < -0.4 is 0 Å². The first-order valence-corrected chi connectivity index (χ1v) is 10.0. The Kier molecular flexibility index (Phi) is 7.87. The summed E-state index contributed by atoms with van der Waals surface area (Å²) in [6.45, 7) is 12.1. The van der Waals surface area contributed by atoms with E-state index in [9.17, 15) is 14.4 Å². The molecule has 1 aromatic rings. The summed E-state index contributed by atoms with van der Waals surface area (Å²) in [5, 5.41) is 0. The average Bonchev–Trinajstić information content (AvgIpc) is 2.68. The van der Waals surface area contributed by atoms with Crippen LogP contribution in [0.1, 0.15) is 65.5 Å². The van der Waals surface area contributed by atoms with E-state index >= 15 is 0 Å². The molecular weight excluding hydrogens is 372 g/mol. The third-order valence-electron chi connectivity index (χ3n) is 4.92.